The first-order valence-electron chi connectivity index (χ1n) is 17.0. The van der Waals surface area contributed by atoms with Gasteiger partial charge in [-0.25, -0.2) is 0 Å². The zero-order chi connectivity index (χ0) is 31.9. The number of amides is 1. The minimum Gasteiger partial charge on any atom is -0.387 e. The Balaban J connectivity index is 4.04. The summed E-state index contributed by atoms with van der Waals surface area (Å²) in [6.45, 7) is 4.35. The highest BCUT2D eigenvalue weighted by molar-refractivity contribution is 7.85. The lowest BCUT2D eigenvalue weighted by Crippen LogP contribution is -2.46. The molecule has 0 saturated carbocycles. The molecule has 3 N–H and O–H groups in total. The van der Waals surface area contributed by atoms with Crippen molar-refractivity contribution in [1.29, 1.82) is 0 Å². The maximum Gasteiger partial charge on any atom is 0.267 e. The molecule has 0 heterocycles. The number of hydrogen-bond donors (Lipinski definition) is 3. The summed E-state index contributed by atoms with van der Waals surface area (Å²) >= 11 is 0. The van der Waals surface area contributed by atoms with Crippen molar-refractivity contribution in [1.82, 2.24) is 5.32 Å². The number of nitrogens with one attached hydrogen (secondary N) is 1. The number of carbonyl (C=O) groups excluding carboxylic acids is 1. The van der Waals surface area contributed by atoms with Gasteiger partial charge < -0.3 is 10.4 Å². The van der Waals surface area contributed by atoms with Crippen LogP contribution in [0.5, 0.6) is 0 Å². The van der Waals surface area contributed by atoms with Crippen molar-refractivity contribution in [3.8, 4) is 0 Å². The van der Waals surface area contributed by atoms with Crippen molar-refractivity contribution in [2.45, 2.75) is 154 Å². The molecule has 2 atom stereocenters. The van der Waals surface area contributed by atoms with Crippen LogP contribution in [0.2, 0.25) is 0 Å². The molecule has 0 aromatic carbocycles. The second-order valence-corrected chi connectivity index (χ2v) is 12.9. The van der Waals surface area contributed by atoms with Gasteiger partial charge in [-0.15, -0.1) is 0 Å². The molecule has 0 bridgehead atoms. The number of hydrogen-bond acceptors (Lipinski definition) is 4. The van der Waals surface area contributed by atoms with Crippen LogP contribution < -0.4 is 5.32 Å². The Morgan fingerprint density at radius 1 is 0.651 bits per heavy atom. The summed E-state index contributed by atoms with van der Waals surface area (Å²) in [6, 6.07) is -1.08. The van der Waals surface area contributed by atoms with Gasteiger partial charge in [0, 0.05) is 6.42 Å². The first kappa shape index (κ1) is 41.0. The summed E-state index contributed by atoms with van der Waals surface area (Å²) in [7, 11) is -4.35. The van der Waals surface area contributed by atoms with Crippen LogP contribution in [0.4, 0.5) is 0 Å². The molecule has 0 aliphatic carbocycles. The quantitative estimate of drug-likeness (QED) is 0.0439. The minimum absolute atomic E-state index is 0.272. The zero-order valence-electron chi connectivity index (χ0n) is 27.3. The predicted octanol–water partition coefficient (Wildman–Crippen LogP) is 9.34. The number of aliphatic hydroxyl groups excluding tert-OH is 1. The average molecular weight is 622 g/mol. The Morgan fingerprint density at radius 3 is 1.70 bits per heavy atom. The predicted molar refractivity (Wildman–Crippen MR) is 184 cm³/mol. The number of aliphatic hydroxyl groups is 1. The molecular formula is C36H63NO5S. The van der Waals surface area contributed by atoms with Gasteiger partial charge in [0.25, 0.3) is 10.1 Å². The Hall–Kier alpha value is -1.96. The Morgan fingerprint density at radius 2 is 1.14 bits per heavy atom. The molecule has 0 aliphatic heterocycles. The van der Waals surface area contributed by atoms with Crippen molar-refractivity contribution < 1.29 is 22.9 Å². The molecule has 0 rings (SSSR count). The third kappa shape index (κ3) is 31.3. The molecular weight excluding hydrogens is 558 g/mol. The SMILES string of the molecule is CC/C=C/CC/C=C/CC/C=C/C(O)C(CS(=O)(=O)O)NC(=O)CCCCCCCCC/C=C\C/C=C\CCCCCC. The van der Waals surface area contributed by atoms with Crippen LogP contribution >= 0.6 is 0 Å². The van der Waals surface area contributed by atoms with E-state index >= 15 is 0 Å². The zero-order valence-corrected chi connectivity index (χ0v) is 28.1. The van der Waals surface area contributed by atoms with Crippen LogP contribution in [-0.4, -0.2) is 41.9 Å². The molecule has 0 aliphatic rings. The van der Waals surface area contributed by atoms with E-state index in [1.54, 1.807) is 6.08 Å². The Bertz CT molecular complexity index is 905. The first-order valence-corrected chi connectivity index (χ1v) is 18.6. The summed E-state index contributed by atoms with van der Waals surface area (Å²) in [5, 5.41) is 13.1. The van der Waals surface area contributed by atoms with Crippen LogP contribution in [0, 0.1) is 0 Å². The van der Waals surface area contributed by atoms with Crippen molar-refractivity contribution >= 4 is 16.0 Å². The van der Waals surface area contributed by atoms with E-state index in [1.165, 1.54) is 57.4 Å². The van der Waals surface area contributed by atoms with E-state index < -0.39 is 28.0 Å². The second kappa shape index (κ2) is 30.1. The van der Waals surface area contributed by atoms with Crippen molar-refractivity contribution in [2.75, 3.05) is 5.75 Å². The van der Waals surface area contributed by atoms with Crippen molar-refractivity contribution in [3.63, 3.8) is 0 Å². The monoisotopic (exact) mass is 621 g/mol. The van der Waals surface area contributed by atoms with Crippen LogP contribution in [0.15, 0.2) is 60.8 Å². The van der Waals surface area contributed by atoms with E-state index in [0.717, 1.165) is 57.8 Å². The molecule has 2 unspecified atom stereocenters. The molecule has 1 amide bonds. The summed E-state index contributed by atoms with van der Waals surface area (Å²) in [6.07, 6.45) is 40.7. The molecule has 6 nitrogen and oxygen atoms in total. The van der Waals surface area contributed by atoms with Crippen molar-refractivity contribution in [2.24, 2.45) is 0 Å². The lowest BCUT2D eigenvalue weighted by Gasteiger charge is -2.21. The van der Waals surface area contributed by atoms with E-state index in [1.807, 2.05) is 0 Å². The van der Waals surface area contributed by atoms with Gasteiger partial charge in [-0.2, -0.15) is 8.42 Å². The minimum atomic E-state index is -4.35. The van der Waals surface area contributed by atoms with Crippen LogP contribution in [-0.2, 0) is 14.9 Å². The topological polar surface area (TPSA) is 104 Å². The molecule has 0 radical (unpaired) electrons. The molecule has 7 heteroatoms. The number of rotatable bonds is 29. The summed E-state index contributed by atoms with van der Waals surface area (Å²) < 4.78 is 32.2. The summed E-state index contributed by atoms with van der Waals surface area (Å²) in [4.78, 5) is 12.4. The molecule has 0 fully saturated rings. The maximum absolute atomic E-state index is 12.4. The largest absolute Gasteiger partial charge is 0.387 e. The van der Waals surface area contributed by atoms with Gasteiger partial charge in [-0.05, 0) is 70.6 Å². The summed E-state index contributed by atoms with van der Waals surface area (Å²) in [5.74, 6) is -1.03. The number of allylic oxidation sites excluding steroid dienone is 9. The van der Waals surface area contributed by atoms with E-state index in [9.17, 15) is 22.9 Å². The standard InChI is InChI=1S/C36H63NO5S/c1-3-5-7-9-11-13-15-16-17-18-19-20-21-22-24-26-28-30-32-36(39)37-34(33-43(40,41)42)35(38)31-29-27-25-23-14-12-10-8-6-4-2/h6,8,13-15,17-18,23,29,31,34-35,38H,3-5,7,9-12,16,19-22,24-28,30,32-33H2,1-2H3,(H,37,39)(H,40,41,42)/b8-6+,15-13-,18-17-,23-14+,31-29+. The van der Waals surface area contributed by atoms with Crippen molar-refractivity contribution in [3.05, 3.63) is 60.8 Å². The normalized spacial score (nSPS) is 14.2. The highest BCUT2D eigenvalue weighted by Crippen LogP contribution is 2.11. The maximum atomic E-state index is 12.4. The highest BCUT2D eigenvalue weighted by Gasteiger charge is 2.24. The molecule has 43 heavy (non-hydrogen) atoms. The fourth-order valence-electron chi connectivity index (χ4n) is 4.63. The number of carbonyl (C=O) groups is 1. The lowest BCUT2D eigenvalue weighted by atomic mass is 10.1. The third-order valence-corrected chi connectivity index (χ3v) is 7.94. The summed E-state index contributed by atoms with van der Waals surface area (Å²) in [5.41, 5.74) is 0. The van der Waals surface area contributed by atoms with Crippen LogP contribution in [0.25, 0.3) is 0 Å². The van der Waals surface area contributed by atoms with E-state index in [4.69, 9.17) is 0 Å². The van der Waals surface area contributed by atoms with Gasteiger partial charge in [0.05, 0.1) is 17.9 Å². The van der Waals surface area contributed by atoms with Gasteiger partial charge in [0.15, 0.2) is 0 Å². The van der Waals surface area contributed by atoms with Gasteiger partial charge >= 0.3 is 0 Å². The Kier molecular flexibility index (Phi) is 28.7. The fourth-order valence-corrected chi connectivity index (χ4v) is 5.37. The molecule has 0 spiro atoms. The fraction of sp³-hybridized carbons (Fsp3) is 0.694. The third-order valence-electron chi connectivity index (χ3n) is 7.16. The second-order valence-electron chi connectivity index (χ2n) is 11.4. The van der Waals surface area contributed by atoms with Gasteiger partial charge in [0.1, 0.15) is 0 Å². The first-order chi connectivity index (χ1) is 20.8. The van der Waals surface area contributed by atoms with Crippen LogP contribution in [0.3, 0.4) is 0 Å². The number of unbranched alkanes of at least 4 members (excludes halogenated alkanes) is 13. The van der Waals surface area contributed by atoms with Gasteiger partial charge in [0.2, 0.25) is 5.91 Å². The highest BCUT2D eigenvalue weighted by atomic mass is 32.2. The van der Waals surface area contributed by atoms with E-state index in [-0.39, 0.29) is 12.3 Å². The van der Waals surface area contributed by atoms with E-state index in [0.29, 0.717) is 12.8 Å². The molecule has 0 saturated heterocycles. The van der Waals surface area contributed by atoms with Gasteiger partial charge in [-0.3, -0.25) is 9.35 Å². The average Bonchev–Trinajstić information content (AvgIpc) is 2.96. The lowest BCUT2D eigenvalue weighted by molar-refractivity contribution is -0.122. The van der Waals surface area contributed by atoms with E-state index in [2.05, 4.69) is 67.8 Å². The molecule has 248 valence electrons. The Labute approximate surface area is 264 Å². The smallest absolute Gasteiger partial charge is 0.267 e. The molecule has 0 aromatic rings. The van der Waals surface area contributed by atoms with Crippen LogP contribution in [0.1, 0.15) is 142 Å². The van der Waals surface area contributed by atoms with Gasteiger partial charge in [-0.1, -0.05) is 126 Å². The molecule has 0 aromatic heterocycles.